The minimum atomic E-state index is 0.160. The Labute approximate surface area is 131 Å². The number of amides is 1. The molecule has 2 aromatic rings. The van der Waals surface area contributed by atoms with Gasteiger partial charge in [-0.05, 0) is 31.4 Å². The fourth-order valence-electron chi connectivity index (χ4n) is 3.41. The molecule has 0 spiro atoms. The number of imidazole rings is 1. The van der Waals surface area contributed by atoms with E-state index in [1.54, 1.807) is 0 Å². The minimum absolute atomic E-state index is 0.160. The number of carbonyl (C=O) groups is 1. The molecule has 1 amide bonds. The SMILES string of the molecule is CCCC(C)C(=O)N1CCC(c2nc3ccccc3[nH]2)CC1. The lowest BCUT2D eigenvalue weighted by Crippen LogP contribution is -2.40. The highest BCUT2D eigenvalue weighted by Gasteiger charge is 2.27. The Hall–Kier alpha value is -1.84. The van der Waals surface area contributed by atoms with Crippen molar-refractivity contribution in [3.05, 3.63) is 30.1 Å². The molecular formula is C18H25N3O. The molecule has 1 aromatic heterocycles. The van der Waals surface area contributed by atoms with E-state index < -0.39 is 0 Å². The van der Waals surface area contributed by atoms with E-state index in [1.165, 1.54) is 0 Å². The van der Waals surface area contributed by atoms with E-state index in [2.05, 4.69) is 24.9 Å². The first-order chi connectivity index (χ1) is 10.7. The van der Waals surface area contributed by atoms with Gasteiger partial charge in [-0.1, -0.05) is 32.4 Å². The van der Waals surface area contributed by atoms with Crippen molar-refractivity contribution < 1.29 is 4.79 Å². The van der Waals surface area contributed by atoms with Crippen LogP contribution in [0.1, 0.15) is 51.3 Å². The van der Waals surface area contributed by atoms with E-state index in [4.69, 9.17) is 4.98 Å². The van der Waals surface area contributed by atoms with Gasteiger partial charge in [0.05, 0.1) is 11.0 Å². The number of H-pyrrole nitrogens is 1. The molecule has 1 saturated heterocycles. The summed E-state index contributed by atoms with van der Waals surface area (Å²) in [5.74, 6) is 2.01. The summed E-state index contributed by atoms with van der Waals surface area (Å²) in [6, 6.07) is 8.15. The molecule has 1 atom stereocenters. The molecule has 4 nitrogen and oxygen atoms in total. The van der Waals surface area contributed by atoms with Gasteiger partial charge in [-0.2, -0.15) is 0 Å². The Kier molecular flexibility index (Phi) is 4.46. The van der Waals surface area contributed by atoms with Crippen molar-refractivity contribution in [3.8, 4) is 0 Å². The fourth-order valence-corrected chi connectivity index (χ4v) is 3.41. The summed E-state index contributed by atoms with van der Waals surface area (Å²) >= 11 is 0. The molecule has 3 rings (SSSR count). The van der Waals surface area contributed by atoms with Gasteiger partial charge in [-0.15, -0.1) is 0 Å². The Morgan fingerprint density at radius 1 is 1.36 bits per heavy atom. The molecule has 1 unspecified atom stereocenters. The first-order valence-electron chi connectivity index (χ1n) is 8.42. The Bertz CT molecular complexity index is 608. The van der Waals surface area contributed by atoms with Gasteiger partial charge in [-0.3, -0.25) is 4.79 Å². The van der Waals surface area contributed by atoms with Crippen LogP contribution in [0.4, 0.5) is 0 Å². The molecular weight excluding hydrogens is 274 g/mol. The molecule has 0 saturated carbocycles. The zero-order valence-corrected chi connectivity index (χ0v) is 13.5. The standard InChI is InChI=1S/C18H25N3O/c1-3-6-13(2)18(22)21-11-9-14(10-12-21)17-19-15-7-4-5-8-16(15)20-17/h4-5,7-8,13-14H,3,6,9-12H2,1-2H3,(H,19,20). The van der Waals surface area contributed by atoms with Crippen molar-refractivity contribution >= 4 is 16.9 Å². The summed E-state index contributed by atoms with van der Waals surface area (Å²) in [6.45, 7) is 5.90. The number of para-hydroxylation sites is 2. The maximum atomic E-state index is 12.4. The monoisotopic (exact) mass is 299 g/mol. The lowest BCUT2D eigenvalue weighted by molar-refractivity contribution is -0.136. The highest BCUT2D eigenvalue weighted by molar-refractivity contribution is 5.78. The van der Waals surface area contributed by atoms with E-state index in [0.717, 1.165) is 55.6 Å². The molecule has 0 bridgehead atoms. The topological polar surface area (TPSA) is 49.0 Å². The summed E-state index contributed by atoms with van der Waals surface area (Å²) < 4.78 is 0. The molecule has 0 aliphatic carbocycles. The first-order valence-corrected chi connectivity index (χ1v) is 8.42. The van der Waals surface area contributed by atoms with Gasteiger partial charge >= 0.3 is 0 Å². The van der Waals surface area contributed by atoms with Gasteiger partial charge in [0.15, 0.2) is 0 Å². The van der Waals surface area contributed by atoms with Crippen LogP contribution in [-0.2, 0) is 4.79 Å². The Balaban J connectivity index is 1.63. The third kappa shape index (κ3) is 3.01. The fraction of sp³-hybridized carbons (Fsp3) is 0.556. The van der Waals surface area contributed by atoms with Gasteiger partial charge < -0.3 is 9.88 Å². The van der Waals surface area contributed by atoms with Crippen LogP contribution in [0, 0.1) is 5.92 Å². The highest BCUT2D eigenvalue weighted by atomic mass is 16.2. The number of piperidine rings is 1. The molecule has 1 N–H and O–H groups in total. The average Bonchev–Trinajstić information content (AvgIpc) is 2.98. The first kappa shape index (κ1) is 15.1. The number of rotatable bonds is 4. The second-order valence-corrected chi connectivity index (χ2v) is 6.43. The highest BCUT2D eigenvalue weighted by Crippen LogP contribution is 2.28. The molecule has 1 aliphatic rings. The average molecular weight is 299 g/mol. The summed E-state index contributed by atoms with van der Waals surface area (Å²) in [4.78, 5) is 22.6. The zero-order chi connectivity index (χ0) is 15.5. The van der Waals surface area contributed by atoms with Crippen LogP contribution >= 0.6 is 0 Å². The number of aromatic nitrogens is 2. The van der Waals surface area contributed by atoms with Crippen LogP contribution in [0.3, 0.4) is 0 Å². The quantitative estimate of drug-likeness (QED) is 0.935. The van der Waals surface area contributed by atoms with E-state index in [-0.39, 0.29) is 5.92 Å². The van der Waals surface area contributed by atoms with Crippen LogP contribution in [0.2, 0.25) is 0 Å². The van der Waals surface area contributed by atoms with Crippen LogP contribution < -0.4 is 0 Å². The van der Waals surface area contributed by atoms with Crippen molar-refractivity contribution in [1.29, 1.82) is 0 Å². The predicted octanol–water partition coefficient (Wildman–Crippen LogP) is 3.71. The largest absolute Gasteiger partial charge is 0.342 e. The molecule has 118 valence electrons. The molecule has 0 radical (unpaired) electrons. The summed E-state index contributed by atoms with van der Waals surface area (Å²) in [6.07, 6.45) is 4.07. The lowest BCUT2D eigenvalue weighted by Gasteiger charge is -2.32. The lowest BCUT2D eigenvalue weighted by atomic mass is 9.94. The smallest absolute Gasteiger partial charge is 0.225 e. The summed E-state index contributed by atoms with van der Waals surface area (Å²) in [5.41, 5.74) is 2.14. The van der Waals surface area contributed by atoms with Crippen LogP contribution in [0.25, 0.3) is 11.0 Å². The molecule has 22 heavy (non-hydrogen) atoms. The third-order valence-corrected chi connectivity index (χ3v) is 4.74. The van der Waals surface area contributed by atoms with Gasteiger partial charge in [-0.25, -0.2) is 4.98 Å². The second-order valence-electron chi connectivity index (χ2n) is 6.43. The number of nitrogens with zero attached hydrogens (tertiary/aromatic N) is 2. The molecule has 1 fully saturated rings. The van der Waals surface area contributed by atoms with Crippen molar-refractivity contribution in [3.63, 3.8) is 0 Å². The molecule has 4 heteroatoms. The number of benzene rings is 1. The third-order valence-electron chi connectivity index (χ3n) is 4.74. The van der Waals surface area contributed by atoms with Crippen LogP contribution in [0.15, 0.2) is 24.3 Å². The van der Waals surface area contributed by atoms with E-state index >= 15 is 0 Å². The van der Waals surface area contributed by atoms with E-state index in [0.29, 0.717) is 11.8 Å². The van der Waals surface area contributed by atoms with Crippen molar-refractivity contribution in [2.45, 2.75) is 45.4 Å². The minimum Gasteiger partial charge on any atom is -0.342 e. The normalized spacial score (nSPS) is 17.8. The number of carbonyl (C=O) groups excluding carboxylic acids is 1. The number of hydrogen-bond donors (Lipinski definition) is 1. The number of likely N-dealkylation sites (tertiary alicyclic amines) is 1. The number of fused-ring (bicyclic) bond motifs is 1. The van der Waals surface area contributed by atoms with E-state index in [1.807, 2.05) is 23.1 Å². The van der Waals surface area contributed by atoms with Crippen LogP contribution in [0.5, 0.6) is 0 Å². The van der Waals surface area contributed by atoms with Gasteiger partial charge in [0.25, 0.3) is 0 Å². The number of nitrogens with one attached hydrogen (secondary N) is 1. The number of aromatic amines is 1. The van der Waals surface area contributed by atoms with Gasteiger partial charge in [0.2, 0.25) is 5.91 Å². The predicted molar refractivity (Wildman–Crippen MR) is 88.7 cm³/mol. The van der Waals surface area contributed by atoms with Gasteiger partial charge in [0, 0.05) is 24.9 Å². The van der Waals surface area contributed by atoms with Crippen molar-refractivity contribution in [2.24, 2.45) is 5.92 Å². The molecule has 2 heterocycles. The van der Waals surface area contributed by atoms with Crippen molar-refractivity contribution in [1.82, 2.24) is 14.9 Å². The molecule has 1 aliphatic heterocycles. The second kappa shape index (κ2) is 6.51. The summed E-state index contributed by atoms with van der Waals surface area (Å²) in [7, 11) is 0. The van der Waals surface area contributed by atoms with Gasteiger partial charge in [0.1, 0.15) is 5.82 Å². The zero-order valence-electron chi connectivity index (χ0n) is 13.5. The molecule has 1 aromatic carbocycles. The van der Waals surface area contributed by atoms with E-state index in [9.17, 15) is 4.79 Å². The maximum absolute atomic E-state index is 12.4. The number of hydrogen-bond acceptors (Lipinski definition) is 2. The van der Waals surface area contributed by atoms with Crippen LogP contribution in [-0.4, -0.2) is 33.9 Å². The Morgan fingerprint density at radius 3 is 2.77 bits per heavy atom. The summed E-state index contributed by atoms with van der Waals surface area (Å²) in [5, 5.41) is 0. The Morgan fingerprint density at radius 2 is 2.09 bits per heavy atom. The van der Waals surface area contributed by atoms with Crippen molar-refractivity contribution in [2.75, 3.05) is 13.1 Å². The maximum Gasteiger partial charge on any atom is 0.225 e.